The van der Waals surface area contributed by atoms with E-state index >= 15 is 0 Å². The smallest absolute Gasteiger partial charge is 0.270 e. The lowest BCUT2D eigenvalue weighted by Gasteiger charge is -2.36. The van der Waals surface area contributed by atoms with Crippen molar-refractivity contribution in [2.75, 3.05) is 31.1 Å². The summed E-state index contributed by atoms with van der Waals surface area (Å²) < 4.78 is 0. The summed E-state index contributed by atoms with van der Waals surface area (Å²) in [4.78, 5) is 17.5. The topological polar surface area (TPSA) is 110 Å². The number of piperazine rings is 1. The Morgan fingerprint density at radius 1 is 1.14 bits per heavy atom. The number of aromatic amines is 1. The number of rotatable bonds is 3. The molecule has 0 unspecified atom stereocenters. The number of anilines is 1. The molecular formula is C19H18N6O3S. The van der Waals surface area contributed by atoms with Crippen molar-refractivity contribution in [1.29, 1.82) is 0 Å². The molecule has 29 heavy (non-hydrogen) atoms. The van der Waals surface area contributed by atoms with Gasteiger partial charge in [0.2, 0.25) is 11.0 Å². The predicted molar refractivity (Wildman–Crippen MR) is 114 cm³/mol. The van der Waals surface area contributed by atoms with Gasteiger partial charge in [-0.05, 0) is 30.4 Å². The molecule has 0 atom stereocenters. The van der Waals surface area contributed by atoms with Crippen molar-refractivity contribution >= 4 is 45.3 Å². The van der Waals surface area contributed by atoms with E-state index in [1.807, 2.05) is 23.1 Å². The number of nitro benzene ring substituents is 1. The van der Waals surface area contributed by atoms with Gasteiger partial charge >= 0.3 is 0 Å². The molecule has 0 aliphatic carbocycles. The molecular weight excluding hydrogens is 392 g/mol. The zero-order chi connectivity index (χ0) is 20.4. The van der Waals surface area contributed by atoms with Crippen LogP contribution in [0.15, 0.2) is 58.8 Å². The van der Waals surface area contributed by atoms with E-state index in [-0.39, 0.29) is 17.3 Å². The second kappa shape index (κ2) is 7.84. The van der Waals surface area contributed by atoms with Crippen LogP contribution in [0.25, 0.3) is 10.9 Å². The molecule has 2 heterocycles. The Kier molecular flexibility index (Phi) is 5.09. The first kappa shape index (κ1) is 18.8. The number of thiocarbonyl (C=S) groups is 1. The SMILES string of the molecule is O=[N+]([O-])c1ccc2[nH]c(O)c(N=NC(=S)N3CCN(c4ccccc4)CC3)c2c1. The molecule has 1 aromatic heterocycles. The number of para-hydroxylation sites is 1. The summed E-state index contributed by atoms with van der Waals surface area (Å²) in [5.41, 5.74) is 1.75. The van der Waals surface area contributed by atoms with E-state index in [9.17, 15) is 15.2 Å². The van der Waals surface area contributed by atoms with Crippen molar-refractivity contribution in [3.63, 3.8) is 0 Å². The highest BCUT2D eigenvalue weighted by Gasteiger charge is 2.20. The number of aromatic nitrogens is 1. The lowest BCUT2D eigenvalue weighted by Crippen LogP contribution is -2.47. The molecule has 2 aromatic carbocycles. The number of H-pyrrole nitrogens is 1. The lowest BCUT2D eigenvalue weighted by molar-refractivity contribution is -0.384. The molecule has 0 amide bonds. The first-order valence-corrected chi connectivity index (χ1v) is 9.43. The molecule has 0 saturated carbocycles. The van der Waals surface area contributed by atoms with Gasteiger partial charge in [0.25, 0.3) is 5.69 Å². The van der Waals surface area contributed by atoms with Crippen LogP contribution < -0.4 is 4.90 Å². The molecule has 9 nitrogen and oxygen atoms in total. The highest BCUT2D eigenvalue weighted by Crippen LogP contribution is 2.37. The Balaban J connectivity index is 1.47. The van der Waals surface area contributed by atoms with Crippen molar-refractivity contribution < 1.29 is 10.0 Å². The Labute approximate surface area is 171 Å². The van der Waals surface area contributed by atoms with Gasteiger partial charge in [-0.1, -0.05) is 18.2 Å². The Morgan fingerprint density at radius 3 is 2.55 bits per heavy atom. The number of aromatic hydroxyl groups is 1. The normalized spacial score (nSPS) is 14.6. The van der Waals surface area contributed by atoms with Crippen LogP contribution in [-0.2, 0) is 0 Å². The zero-order valence-electron chi connectivity index (χ0n) is 15.4. The first-order chi connectivity index (χ1) is 14.0. The third-order valence-electron chi connectivity index (χ3n) is 4.85. The Bertz CT molecular complexity index is 1090. The van der Waals surface area contributed by atoms with Gasteiger partial charge in [0.05, 0.1) is 10.4 Å². The molecule has 2 N–H and O–H groups in total. The maximum absolute atomic E-state index is 11.0. The van der Waals surface area contributed by atoms with Crippen LogP contribution in [0, 0.1) is 10.1 Å². The zero-order valence-corrected chi connectivity index (χ0v) is 16.2. The number of nitrogens with one attached hydrogen (secondary N) is 1. The van der Waals surface area contributed by atoms with Crippen molar-refractivity contribution in [2.24, 2.45) is 10.2 Å². The summed E-state index contributed by atoms with van der Waals surface area (Å²) >= 11 is 5.38. The molecule has 148 valence electrons. The first-order valence-electron chi connectivity index (χ1n) is 9.02. The van der Waals surface area contributed by atoms with E-state index < -0.39 is 4.92 Å². The number of nitro groups is 1. The van der Waals surface area contributed by atoms with Crippen LogP contribution in [-0.4, -0.2) is 51.2 Å². The minimum atomic E-state index is -0.499. The molecule has 10 heteroatoms. The molecule has 0 spiro atoms. The van der Waals surface area contributed by atoms with E-state index in [0.717, 1.165) is 13.1 Å². The van der Waals surface area contributed by atoms with E-state index in [0.29, 0.717) is 29.1 Å². The monoisotopic (exact) mass is 410 g/mol. The molecule has 1 aliphatic rings. The number of hydrogen-bond donors (Lipinski definition) is 2. The summed E-state index contributed by atoms with van der Waals surface area (Å²) in [6.07, 6.45) is 0. The number of benzene rings is 2. The van der Waals surface area contributed by atoms with Crippen LogP contribution in [0.5, 0.6) is 5.88 Å². The van der Waals surface area contributed by atoms with Crippen molar-refractivity contribution in [3.8, 4) is 5.88 Å². The van der Waals surface area contributed by atoms with Crippen LogP contribution in [0.3, 0.4) is 0 Å². The van der Waals surface area contributed by atoms with Crippen molar-refractivity contribution in [1.82, 2.24) is 9.88 Å². The third-order valence-corrected chi connectivity index (χ3v) is 5.19. The van der Waals surface area contributed by atoms with Gasteiger partial charge in [0, 0.05) is 49.4 Å². The number of nitrogens with zero attached hydrogens (tertiary/aromatic N) is 5. The summed E-state index contributed by atoms with van der Waals surface area (Å²) in [6.45, 7) is 3.03. The lowest BCUT2D eigenvalue weighted by atomic mass is 10.2. The standard InChI is InChI=1S/C19H18N6O3S/c26-18-17(15-12-14(25(27)28)6-7-16(15)20-18)21-22-19(29)24-10-8-23(9-11-24)13-4-2-1-3-5-13/h1-7,12,20,26H,8-11H2. The number of hydrogen-bond acceptors (Lipinski definition) is 6. The summed E-state index contributed by atoms with van der Waals surface area (Å²) in [6, 6.07) is 14.4. The largest absolute Gasteiger partial charge is 0.493 e. The van der Waals surface area contributed by atoms with Gasteiger partial charge < -0.3 is 19.9 Å². The average molecular weight is 410 g/mol. The van der Waals surface area contributed by atoms with Gasteiger partial charge in [-0.15, -0.1) is 10.2 Å². The molecule has 1 saturated heterocycles. The Morgan fingerprint density at radius 2 is 1.86 bits per heavy atom. The molecule has 4 rings (SSSR count). The second-order valence-corrected chi connectivity index (χ2v) is 6.97. The summed E-state index contributed by atoms with van der Waals surface area (Å²) in [5.74, 6) is -0.207. The van der Waals surface area contributed by atoms with Crippen LogP contribution in [0.2, 0.25) is 0 Å². The number of fused-ring (bicyclic) bond motifs is 1. The number of non-ortho nitro benzene ring substituents is 1. The third kappa shape index (κ3) is 3.87. The van der Waals surface area contributed by atoms with Crippen LogP contribution in [0.1, 0.15) is 0 Å². The Hall–Kier alpha value is -3.53. The van der Waals surface area contributed by atoms with E-state index in [4.69, 9.17) is 12.2 Å². The maximum Gasteiger partial charge on any atom is 0.270 e. The maximum atomic E-state index is 11.0. The van der Waals surface area contributed by atoms with Gasteiger partial charge in [-0.25, -0.2) is 0 Å². The fourth-order valence-corrected chi connectivity index (χ4v) is 3.54. The van der Waals surface area contributed by atoms with Gasteiger partial charge in [0.15, 0.2) is 5.69 Å². The second-order valence-electron chi connectivity index (χ2n) is 6.60. The van der Waals surface area contributed by atoms with Gasteiger partial charge in [0.1, 0.15) is 0 Å². The molecule has 0 bridgehead atoms. The van der Waals surface area contributed by atoms with Gasteiger partial charge in [-0.2, -0.15) is 0 Å². The van der Waals surface area contributed by atoms with E-state index in [2.05, 4.69) is 32.2 Å². The van der Waals surface area contributed by atoms with E-state index in [1.165, 1.54) is 23.9 Å². The molecule has 1 aliphatic heterocycles. The van der Waals surface area contributed by atoms with Crippen LogP contribution >= 0.6 is 12.2 Å². The van der Waals surface area contributed by atoms with Crippen molar-refractivity contribution in [2.45, 2.75) is 0 Å². The van der Waals surface area contributed by atoms with Gasteiger partial charge in [-0.3, -0.25) is 10.1 Å². The number of azo groups is 1. The highest BCUT2D eigenvalue weighted by atomic mass is 32.1. The van der Waals surface area contributed by atoms with Crippen molar-refractivity contribution in [3.05, 3.63) is 58.6 Å². The molecule has 0 radical (unpaired) electrons. The predicted octanol–water partition coefficient (Wildman–Crippen LogP) is 3.97. The van der Waals surface area contributed by atoms with Crippen LogP contribution in [0.4, 0.5) is 17.1 Å². The van der Waals surface area contributed by atoms with E-state index in [1.54, 1.807) is 0 Å². The summed E-state index contributed by atoms with van der Waals surface area (Å²) in [5, 5.41) is 30.0. The fourth-order valence-electron chi connectivity index (χ4n) is 3.32. The minimum Gasteiger partial charge on any atom is -0.493 e. The fraction of sp³-hybridized carbons (Fsp3) is 0.211. The summed E-state index contributed by atoms with van der Waals surface area (Å²) in [7, 11) is 0. The highest BCUT2D eigenvalue weighted by molar-refractivity contribution is 7.80. The molecule has 3 aromatic rings. The quantitative estimate of drug-likeness (QED) is 0.293. The average Bonchev–Trinajstić information content (AvgIpc) is 3.07. The minimum absolute atomic E-state index is 0.0902. The molecule has 1 fully saturated rings.